The largest absolute Gasteiger partial charge is 0.349 e. The lowest BCUT2D eigenvalue weighted by molar-refractivity contribution is -0.128. The molecule has 1 unspecified atom stereocenters. The van der Waals surface area contributed by atoms with Gasteiger partial charge in [-0.25, -0.2) is 0 Å². The third kappa shape index (κ3) is 4.18. The van der Waals surface area contributed by atoms with E-state index in [9.17, 15) is 4.79 Å². The van der Waals surface area contributed by atoms with Crippen LogP contribution < -0.4 is 5.32 Å². The fourth-order valence-electron chi connectivity index (χ4n) is 1.93. The maximum absolute atomic E-state index is 11.6. The number of carbonyl (C=O) groups is 1. The summed E-state index contributed by atoms with van der Waals surface area (Å²) in [6, 6.07) is 4.49. The zero-order valence-corrected chi connectivity index (χ0v) is 11.9. The Morgan fingerprint density at radius 3 is 2.83 bits per heavy atom. The summed E-state index contributed by atoms with van der Waals surface area (Å²) < 4.78 is 2.16. The van der Waals surface area contributed by atoms with Gasteiger partial charge in [0.25, 0.3) is 0 Å². The van der Waals surface area contributed by atoms with E-state index in [2.05, 4.69) is 29.8 Å². The van der Waals surface area contributed by atoms with E-state index >= 15 is 0 Å². The molecular formula is C14H25N3O. The smallest absolute Gasteiger partial charge is 0.223 e. The number of nitrogens with zero attached hydrogens (tertiary/aromatic N) is 2. The van der Waals surface area contributed by atoms with Gasteiger partial charge in [-0.1, -0.05) is 6.92 Å². The van der Waals surface area contributed by atoms with Crippen LogP contribution in [0, 0.1) is 0 Å². The third-order valence-corrected chi connectivity index (χ3v) is 3.07. The van der Waals surface area contributed by atoms with Crippen LogP contribution >= 0.6 is 0 Å². The van der Waals surface area contributed by atoms with E-state index in [0.29, 0.717) is 12.5 Å². The second-order valence-corrected chi connectivity index (χ2v) is 4.84. The van der Waals surface area contributed by atoms with Crippen LogP contribution in [0.15, 0.2) is 18.3 Å². The van der Waals surface area contributed by atoms with Crippen molar-refractivity contribution in [1.29, 1.82) is 0 Å². The molecule has 0 bridgehead atoms. The third-order valence-electron chi connectivity index (χ3n) is 3.07. The van der Waals surface area contributed by atoms with E-state index in [1.807, 2.05) is 12.3 Å². The first kappa shape index (κ1) is 14.8. The molecule has 1 N–H and O–H groups in total. The predicted octanol–water partition coefficient (Wildman–Crippen LogP) is 2.03. The summed E-state index contributed by atoms with van der Waals surface area (Å²) in [4.78, 5) is 13.2. The van der Waals surface area contributed by atoms with Gasteiger partial charge in [0.1, 0.15) is 0 Å². The van der Waals surface area contributed by atoms with E-state index in [4.69, 9.17) is 0 Å². The Morgan fingerprint density at radius 2 is 2.22 bits per heavy atom. The Balaban J connectivity index is 2.56. The molecule has 18 heavy (non-hydrogen) atoms. The highest BCUT2D eigenvalue weighted by atomic mass is 16.2. The number of hydrogen-bond donors (Lipinski definition) is 1. The number of nitrogens with one attached hydrogen (secondary N) is 1. The Kier molecular flexibility index (Phi) is 5.92. The molecular weight excluding hydrogens is 226 g/mol. The van der Waals surface area contributed by atoms with Gasteiger partial charge < -0.3 is 14.8 Å². The molecule has 1 amide bonds. The first-order valence-corrected chi connectivity index (χ1v) is 6.64. The molecule has 0 aliphatic heterocycles. The number of amides is 1. The SMILES string of the molecule is CCCNC(C)c1cccn1CCC(=O)N(C)C. The van der Waals surface area contributed by atoms with E-state index in [0.717, 1.165) is 19.5 Å². The fourth-order valence-corrected chi connectivity index (χ4v) is 1.93. The van der Waals surface area contributed by atoms with Gasteiger partial charge in [0, 0.05) is 45.0 Å². The van der Waals surface area contributed by atoms with Crippen LogP contribution in [0.5, 0.6) is 0 Å². The minimum absolute atomic E-state index is 0.170. The van der Waals surface area contributed by atoms with Crippen molar-refractivity contribution >= 4 is 5.91 Å². The molecule has 0 aliphatic carbocycles. The van der Waals surface area contributed by atoms with Crippen molar-refractivity contribution in [3.05, 3.63) is 24.0 Å². The predicted molar refractivity (Wildman–Crippen MR) is 74.5 cm³/mol. The summed E-state index contributed by atoms with van der Waals surface area (Å²) in [5.41, 5.74) is 1.25. The van der Waals surface area contributed by atoms with Crippen LogP contribution in [0.1, 0.15) is 38.4 Å². The first-order chi connectivity index (χ1) is 8.56. The molecule has 0 radical (unpaired) electrons. The molecule has 0 aliphatic rings. The molecule has 0 saturated heterocycles. The monoisotopic (exact) mass is 251 g/mol. The fraction of sp³-hybridized carbons (Fsp3) is 0.643. The second-order valence-electron chi connectivity index (χ2n) is 4.84. The highest BCUT2D eigenvalue weighted by molar-refractivity contribution is 5.75. The molecule has 4 nitrogen and oxygen atoms in total. The molecule has 0 aromatic carbocycles. The van der Waals surface area contributed by atoms with Crippen LogP contribution in [-0.2, 0) is 11.3 Å². The summed E-state index contributed by atoms with van der Waals surface area (Å²) >= 11 is 0. The van der Waals surface area contributed by atoms with Crippen molar-refractivity contribution in [2.75, 3.05) is 20.6 Å². The van der Waals surface area contributed by atoms with Gasteiger partial charge in [-0.15, -0.1) is 0 Å². The summed E-state index contributed by atoms with van der Waals surface area (Å²) in [6.07, 6.45) is 3.72. The number of hydrogen-bond acceptors (Lipinski definition) is 2. The normalized spacial score (nSPS) is 12.4. The van der Waals surface area contributed by atoms with E-state index < -0.39 is 0 Å². The number of rotatable bonds is 7. The van der Waals surface area contributed by atoms with Gasteiger partial charge in [-0.3, -0.25) is 4.79 Å². The van der Waals surface area contributed by atoms with Crippen LogP contribution in [-0.4, -0.2) is 36.0 Å². The second kappa shape index (κ2) is 7.21. The van der Waals surface area contributed by atoms with Crippen LogP contribution in [0.25, 0.3) is 0 Å². The van der Waals surface area contributed by atoms with Gasteiger partial charge in [-0.2, -0.15) is 0 Å². The Morgan fingerprint density at radius 1 is 1.50 bits per heavy atom. The molecule has 4 heteroatoms. The lowest BCUT2D eigenvalue weighted by Gasteiger charge is -2.17. The zero-order chi connectivity index (χ0) is 13.5. The topological polar surface area (TPSA) is 37.3 Å². The maximum Gasteiger partial charge on any atom is 0.223 e. The highest BCUT2D eigenvalue weighted by Gasteiger charge is 2.10. The lowest BCUT2D eigenvalue weighted by Crippen LogP contribution is -2.25. The molecule has 0 fully saturated rings. The Bertz CT molecular complexity index is 371. The van der Waals surface area contributed by atoms with Gasteiger partial charge in [0.15, 0.2) is 0 Å². The van der Waals surface area contributed by atoms with Crippen molar-refractivity contribution in [1.82, 2.24) is 14.8 Å². The van der Waals surface area contributed by atoms with Crippen LogP contribution in [0.2, 0.25) is 0 Å². The van der Waals surface area contributed by atoms with Crippen LogP contribution in [0.4, 0.5) is 0 Å². The summed E-state index contributed by atoms with van der Waals surface area (Å²) in [6.45, 7) is 6.09. The molecule has 1 heterocycles. The minimum atomic E-state index is 0.170. The molecule has 1 atom stereocenters. The van der Waals surface area contributed by atoms with E-state index in [1.165, 1.54) is 5.69 Å². The van der Waals surface area contributed by atoms with E-state index in [-0.39, 0.29) is 5.91 Å². The number of aryl methyl sites for hydroxylation is 1. The maximum atomic E-state index is 11.6. The van der Waals surface area contributed by atoms with Crippen molar-refractivity contribution in [2.45, 2.75) is 39.3 Å². The average molecular weight is 251 g/mol. The summed E-state index contributed by atoms with van der Waals surface area (Å²) in [7, 11) is 3.59. The van der Waals surface area contributed by atoms with Crippen molar-refractivity contribution in [3.8, 4) is 0 Å². The average Bonchev–Trinajstić information content (AvgIpc) is 2.81. The number of aromatic nitrogens is 1. The van der Waals surface area contributed by atoms with Gasteiger partial charge >= 0.3 is 0 Å². The quantitative estimate of drug-likeness (QED) is 0.805. The molecule has 1 rings (SSSR count). The Hall–Kier alpha value is -1.29. The van der Waals surface area contributed by atoms with Crippen molar-refractivity contribution in [2.24, 2.45) is 0 Å². The standard InChI is InChI=1S/C14H25N3O/c1-5-9-15-12(2)13-7-6-10-17(13)11-8-14(18)16(3)4/h6-7,10,12,15H,5,8-9,11H2,1-4H3. The molecule has 0 spiro atoms. The first-order valence-electron chi connectivity index (χ1n) is 6.64. The van der Waals surface area contributed by atoms with Crippen molar-refractivity contribution < 1.29 is 4.79 Å². The minimum Gasteiger partial charge on any atom is -0.349 e. The zero-order valence-electron chi connectivity index (χ0n) is 11.9. The van der Waals surface area contributed by atoms with Gasteiger partial charge in [0.05, 0.1) is 0 Å². The lowest BCUT2D eigenvalue weighted by atomic mass is 10.2. The Labute approximate surface area is 110 Å². The molecule has 1 aromatic heterocycles. The molecule has 0 saturated carbocycles. The van der Waals surface area contributed by atoms with Crippen molar-refractivity contribution in [3.63, 3.8) is 0 Å². The van der Waals surface area contributed by atoms with E-state index in [1.54, 1.807) is 19.0 Å². The summed E-state index contributed by atoms with van der Waals surface area (Å²) in [5.74, 6) is 0.170. The van der Waals surface area contributed by atoms with Crippen LogP contribution in [0.3, 0.4) is 0 Å². The highest BCUT2D eigenvalue weighted by Crippen LogP contribution is 2.14. The number of carbonyl (C=O) groups excluding carboxylic acids is 1. The molecule has 1 aromatic rings. The van der Waals surface area contributed by atoms with Gasteiger partial charge in [0.2, 0.25) is 5.91 Å². The summed E-state index contributed by atoms with van der Waals surface area (Å²) in [5, 5.41) is 3.47. The molecule has 102 valence electrons. The van der Waals surface area contributed by atoms with Gasteiger partial charge in [-0.05, 0) is 32.0 Å².